The molecule has 4 heteroatoms. The molecule has 0 bridgehead atoms. The highest BCUT2D eigenvalue weighted by Crippen LogP contribution is 2.19. The molecule has 0 aromatic heterocycles. The van der Waals surface area contributed by atoms with E-state index in [0.29, 0.717) is 5.69 Å². The lowest BCUT2D eigenvalue weighted by Gasteiger charge is -2.18. The van der Waals surface area contributed by atoms with Crippen molar-refractivity contribution < 1.29 is 9.18 Å². The van der Waals surface area contributed by atoms with Crippen LogP contribution in [0, 0.1) is 12.7 Å². The Balaban J connectivity index is 2.18. The minimum Gasteiger partial charge on any atom is -0.399 e. The molecule has 3 N–H and O–H groups in total. The molecule has 0 aliphatic rings. The van der Waals surface area contributed by atoms with Gasteiger partial charge >= 0.3 is 0 Å². The molecule has 2 rings (SSSR count). The maximum absolute atomic E-state index is 13.8. The summed E-state index contributed by atoms with van der Waals surface area (Å²) in [4.78, 5) is 12.2. The molecule has 2 aromatic rings. The molecule has 1 amide bonds. The average Bonchev–Trinajstić information content (AvgIpc) is 2.45. The first kappa shape index (κ1) is 15.0. The molecule has 0 aliphatic heterocycles. The third kappa shape index (κ3) is 3.60. The minimum absolute atomic E-state index is 0.00904. The predicted molar refractivity (Wildman–Crippen MR) is 82.5 cm³/mol. The van der Waals surface area contributed by atoms with E-state index in [9.17, 15) is 9.18 Å². The van der Waals surface area contributed by atoms with Crippen molar-refractivity contribution in [3.63, 3.8) is 0 Å². The average molecular weight is 286 g/mol. The Kier molecular flexibility index (Phi) is 4.58. The van der Waals surface area contributed by atoms with Crippen LogP contribution in [-0.4, -0.2) is 5.91 Å². The molecule has 0 aliphatic carbocycles. The van der Waals surface area contributed by atoms with Crippen LogP contribution in [0.4, 0.5) is 10.1 Å². The highest BCUT2D eigenvalue weighted by molar-refractivity contribution is 5.95. The summed E-state index contributed by atoms with van der Waals surface area (Å²) < 4.78 is 13.8. The Labute approximate surface area is 124 Å². The van der Waals surface area contributed by atoms with E-state index in [2.05, 4.69) is 5.32 Å². The third-order valence-electron chi connectivity index (χ3n) is 3.43. The molecular formula is C17H19FN2O. The Morgan fingerprint density at radius 2 is 1.90 bits per heavy atom. The van der Waals surface area contributed by atoms with Crippen LogP contribution in [0.5, 0.6) is 0 Å². The Hall–Kier alpha value is -2.36. The molecule has 0 radical (unpaired) electrons. The van der Waals surface area contributed by atoms with Gasteiger partial charge in [-0.3, -0.25) is 4.79 Å². The van der Waals surface area contributed by atoms with Crippen molar-refractivity contribution in [2.24, 2.45) is 0 Å². The van der Waals surface area contributed by atoms with Gasteiger partial charge in [-0.2, -0.15) is 0 Å². The number of amides is 1. The summed E-state index contributed by atoms with van der Waals surface area (Å²) in [5, 5.41) is 2.86. The van der Waals surface area contributed by atoms with E-state index in [1.165, 1.54) is 12.1 Å². The van der Waals surface area contributed by atoms with E-state index in [1.54, 1.807) is 0 Å². The number of anilines is 1. The number of nitrogen functional groups attached to an aromatic ring is 1. The van der Waals surface area contributed by atoms with Crippen molar-refractivity contribution in [3.05, 3.63) is 65.0 Å². The standard InChI is InChI=1S/C17H19FN2O/c1-3-16(12-6-4-11(2)5-7-12)20-17(21)14-9-8-13(19)10-15(14)18/h4-10,16H,3,19H2,1-2H3,(H,20,21). The van der Waals surface area contributed by atoms with E-state index < -0.39 is 11.7 Å². The van der Waals surface area contributed by atoms with Gasteiger partial charge in [-0.05, 0) is 37.1 Å². The SMILES string of the molecule is CCC(NC(=O)c1ccc(N)cc1F)c1ccc(C)cc1. The van der Waals surface area contributed by atoms with Crippen LogP contribution in [0.2, 0.25) is 0 Å². The zero-order chi connectivity index (χ0) is 15.4. The monoisotopic (exact) mass is 286 g/mol. The number of carbonyl (C=O) groups excluding carboxylic acids is 1. The van der Waals surface area contributed by atoms with Crippen LogP contribution >= 0.6 is 0 Å². The number of nitrogens with two attached hydrogens (primary N) is 1. The van der Waals surface area contributed by atoms with Gasteiger partial charge in [0, 0.05) is 5.69 Å². The van der Waals surface area contributed by atoms with E-state index in [4.69, 9.17) is 5.73 Å². The number of aryl methyl sites for hydroxylation is 1. The Morgan fingerprint density at radius 3 is 2.48 bits per heavy atom. The van der Waals surface area contributed by atoms with Gasteiger partial charge in [0.15, 0.2) is 0 Å². The summed E-state index contributed by atoms with van der Waals surface area (Å²) in [5.74, 6) is -1.04. The molecular weight excluding hydrogens is 267 g/mol. The molecule has 2 aromatic carbocycles. The quantitative estimate of drug-likeness (QED) is 0.844. The smallest absolute Gasteiger partial charge is 0.254 e. The largest absolute Gasteiger partial charge is 0.399 e. The molecule has 21 heavy (non-hydrogen) atoms. The first-order chi connectivity index (χ1) is 10.0. The lowest BCUT2D eigenvalue weighted by Crippen LogP contribution is -2.28. The molecule has 0 fully saturated rings. The molecule has 0 saturated carbocycles. The van der Waals surface area contributed by atoms with Crippen LogP contribution in [0.1, 0.15) is 40.9 Å². The fraction of sp³-hybridized carbons (Fsp3) is 0.235. The van der Waals surface area contributed by atoms with Gasteiger partial charge in [0.25, 0.3) is 5.91 Å². The molecule has 110 valence electrons. The molecule has 0 spiro atoms. The maximum Gasteiger partial charge on any atom is 0.254 e. The van der Waals surface area contributed by atoms with Crippen LogP contribution in [-0.2, 0) is 0 Å². The summed E-state index contributed by atoms with van der Waals surface area (Å²) in [5.41, 5.74) is 7.96. The summed E-state index contributed by atoms with van der Waals surface area (Å²) in [6.45, 7) is 3.98. The predicted octanol–water partition coefficient (Wildman–Crippen LogP) is 3.60. The summed E-state index contributed by atoms with van der Waals surface area (Å²) in [6.07, 6.45) is 0.728. The van der Waals surface area contributed by atoms with Crippen LogP contribution < -0.4 is 11.1 Å². The number of rotatable bonds is 4. The number of benzene rings is 2. The van der Waals surface area contributed by atoms with Gasteiger partial charge in [0.2, 0.25) is 0 Å². The van der Waals surface area contributed by atoms with Crippen LogP contribution in [0.15, 0.2) is 42.5 Å². The maximum atomic E-state index is 13.8. The summed E-state index contributed by atoms with van der Waals surface area (Å²) in [7, 11) is 0. The fourth-order valence-electron chi connectivity index (χ4n) is 2.17. The third-order valence-corrected chi connectivity index (χ3v) is 3.43. The van der Waals surface area contributed by atoms with Crippen molar-refractivity contribution >= 4 is 11.6 Å². The summed E-state index contributed by atoms with van der Waals surface area (Å²) in [6, 6.07) is 11.9. The van der Waals surface area contributed by atoms with Gasteiger partial charge < -0.3 is 11.1 Å². The zero-order valence-corrected chi connectivity index (χ0v) is 12.2. The van der Waals surface area contributed by atoms with Crippen LogP contribution in [0.25, 0.3) is 0 Å². The molecule has 1 atom stereocenters. The second kappa shape index (κ2) is 6.39. The number of hydrogen-bond donors (Lipinski definition) is 2. The topological polar surface area (TPSA) is 55.1 Å². The second-order valence-corrected chi connectivity index (χ2v) is 5.08. The van der Waals surface area contributed by atoms with Crippen molar-refractivity contribution in [1.29, 1.82) is 0 Å². The summed E-state index contributed by atoms with van der Waals surface area (Å²) >= 11 is 0. The first-order valence-corrected chi connectivity index (χ1v) is 6.93. The first-order valence-electron chi connectivity index (χ1n) is 6.93. The van der Waals surface area contributed by atoms with Crippen molar-refractivity contribution in [2.75, 3.05) is 5.73 Å². The Bertz CT molecular complexity index is 638. The van der Waals surface area contributed by atoms with E-state index in [0.717, 1.165) is 23.6 Å². The van der Waals surface area contributed by atoms with Gasteiger partial charge in [0.1, 0.15) is 5.82 Å². The minimum atomic E-state index is -0.605. The lowest BCUT2D eigenvalue weighted by atomic mass is 10.0. The Morgan fingerprint density at radius 1 is 1.24 bits per heavy atom. The van der Waals surface area contributed by atoms with E-state index in [-0.39, 0.29) is 11.6 Å². The highest BCUT2D eigenvalue weighted by atomic mass is 19.1. The molecule has 3 nitrogen and oxygen atoms in total. The molecule has 0 saturated heterocycles. The van der Waals surface area contributed by atoms with Gasteiger partial charge in [0.05, 0.1) is 11.6 Å². The van der Waals surface area contributed by atoms with Crippen molar-refractivity contribution in [3.8, 4) is 0 Å². The van der Waals surface area contributed by atoms with Gasteiger partial charge in [-0.1, -0.05) is 36.8 Å². The van der Waals surface area contributed by atoms with E-state index >= 15 is 0 Å². The number of nitrogens with one attached hydrogen (secondary N) is 1. The second-order valence-electron chi connectivity index (χ2n) is 5.08. The number of halogens is 1. The van der Waals surface area contributed by atoms with Gasteiger partial charge in [-0.15, -0.1) is 0 Å². The zero-order valence-electron chi connectivity index (χ0n) is 12.2. The fourth-order valence-corrected chi connectivity index (χ4v) is 2.17. The van der Waals surface area contributed by atoms with Gasteiger partial charge in [-0.25, -0.2) is 4.39 Å². The highest BCUT2D eigenvalue weighted by Gasteiger charge is 2.17. The normalized spacial score (nSPS) is 12.0. The van der Waals surface area contributed by atoms with Crippen molar-refractivity contribution in [2.45, 2.75) is 26.3 Å². The van der Waals surface area contributed by atoms with Crippen molar-refractivity contribution in [1.82, 2.24) is 5.32 Å². The lowest BCUT2D eigenvalue weighted by molar-refractivity contribution is 0.0931. The number of carbonyl (C=O) groups is 1. The molecule has 0 heterocycles. The number of hydrogen-bond acceptors (Lipinski definition) is 2. The van der Waals surface area contributed by atoms with E-state index in [1.807, 2.05) is 38.1 Å². The molecule has 1 unspecified atom stereocenters. The van der Waals surface area contributed by atoms with Crippen LogP contribution in [0.3, 0.4) is 0 Å².